The molecule has 3 rings (SSSR count). The van der Waals surface area contributed by atoms with Gasteiger partial charge in [-0.3, -0.25) is 10.1 Å². The number of nitrogens with one attached hydrogen (secondary N) is 1. The first-order valence-corrected chi connectivity index (χ1v) is 8.81. The fourth-order valence-corrected chi connectivity index (χ4v) is 2.96. The summed E-state index contributed by atoms with van der Waals surface area (Å²) >= 11 is 12.2. The van der Waals surface area contributed by atoms with E-state index in [0.29, 0.717) is 17.3 Å². The van der Waals surface area contributed by atoms with Gasteiger partial charge in [0, 0.05) is 12.2 Å². The minimum atomic E-state index is -0.512. The summed E-state index contributed by atoms with van der Waals surface area (Å²) in [6, 6.07) is 14.3. The van der Waals surface area contributed by atoms with Crippen LogP contribution in [0.4, 0.5) is 28.7 Å². The molecule has 27 heavy (non-hydrogen) atoms. The highest BCUT2D eigenvalue weighted by Gasteiger charge is 2.27. The van der Waals surface area contributed by atoms with Crippen molar-refractivity contribution >= 4 is 51.9 Å². The Morgan fingerprint density at radius 2 is 1.85 bits per heavy atom. The summed E-state index contributed by atoms with van der Waals surface area (Å²) < 4.78 is 0. The highest BCUT2D eigenvalue weighted by Crippen LogP contribution is 2.38. The molecule has 1 N–H and O–H groups in total. The number of halogens is 2. The number of hydrogen-bond acceptors (Lipinski definition) is 6. The average Bonchev–Trinajstić information content (AvgIpc) is 2.67. The normalized spacial score (nSPS) is 10.5. The second-order valence-electron chi connectivity index (χ2n) is 5.46. The molecule has 0 radical (unpaired) electrons. The van der Waals surface area contributed by atoms with Gasteiger partial charge in [0.1, 0.15) is 6.33 Å². The molecule has 138 valence electrons. The SMILES string of the molecule is CCN(c1ccccc1)c1ncnc(Nc2cccc(Cl)c2Cl)c1[N+](=O)[O-]. The van der Waals surface area contributed by atoms with Crippen LogP contribution in [0, 0.1) is 10.1 Å². The third-order valence-electron chi connectivity index (χ3n) is 3.83. The lowest BCUT2D eigenvalue weighted by atomic mass is 10.2. The van der Waals surface area contributed by atoms with Crippen LogP contribution >= 0.6 is 23.2 Å². The summed E-state index contributed by atoms with van der Waals surface area (Å²) in [4.78, 5) is 21.3. The number of nitrogens with zero attached hydrogens (tertiary/aromatic N) is 4. The molecule has 0 unspecified atom stereocenters. The van der Waals surface area contributed by atoms with E-state index in [1.807, 2.05) is 37.3 Å². The quantitative estimate of drug-likeness (QED) is 0.426. The Balaban J connectivity index is 2.10. The number of hydrogen-bond donors (Lipinski definition) is 1. The number of anilines is 4. The Bertz CT molecular complexity index is 969. The third-order valence-corrected chi connectivity index (χ3v) is 4.65. The zero-order valence-electron chi connectivity index (χ0n) is 14.3. The Morgan fingerprint density at radius 3 is 2.52 bits per heavy atom. The van der Waals surface area contributed by atoms with E-state index in [-0.39, 0.29) is 22.3 Å². The number of para-hydroxylation sites is 1. The maximum atomic E-state index is 11.8. The molecule has 0 amide bonds. The van der Waals surface area contributed by atoms with Gasteiger partial charge in [0.15, 0.2) is 0 Å². The van der Waals surface area contributed by atoms with Crippen molar-refractivity contribution in [2.75, 3.05) is 16.8 Å². The summed E-state index contributed by atoms with van der Waals surface area (Å²) in [5, 5.41) is 15.3. The van der Waals surface area contributed by atoms with Gasteiger partial charge in [-0.2, -0.15) is 0 Å². The van der Waals surface area contributed by atoms with E-state index in [1.54, 1.807) is 23.1 Å². The average molecular weight is 404 g/mol. The fraction of sp³-hybridized carbons (Fsp3) is 0.111. The smallest absolute Gasteiger partial charge is 0.333 e. The molecule has 0 spiro atoms. The predicted octanol–water partition coefficient (Wildman–Crippen LogP) is 5.59. The van der Waals surface area contributed by atoms with Crippen molar-refractivity contribution in [3.8, 4) is 0 Å². The Labute approximate surface area is 165 Å². The van der Waals surface area contributed by atoms with Gasteiger partial charge in [0.05, 0.1) is 20.7 Å². The number of benzene rings is 2. The monoisotopic (exact) mass is 403 g/mol. The van der Waals surface area contributed by atoms with Crippen molar-refractivity contribution in [3.05, 3.63) is 75.0 Å². The second-order valence-corrected chi connectivity index (χ2v) is 6.24. The van der Waals surface area contributed by atoms with E-state index < -0.39 is 4.92 Å². The molecule has 0 aliphatic rings. The highest BCUT2D eigenvalue weighted by molar-refractivity contribution is 6.43. The molecule has 0 aliphatic heterocycles. The molecule has 7 nitrogen and oxygen atoms in total. The van der Waals surface area contributed by atoms with Gasteiger partial charge in [-0.15, -0.1) is 0 Å². The van der Waals surface area contributed by atoms with E-state index in [4.69, 9.17) is 23.2 Å². The second kappa shape index (κ2) is 8.20. The summed E-state index contributed by atoms with van der Waals surface area (Å²) in [5.41, 5.74) is 0.951. The van der Waals surface area contributed by atoms with Crippen LogP contribution in [0.3, 0.4) is 0 Å². The van der Waals surface area contributed by atoms with E-state index in [2.05, 4.69) is 15.3 Å². The first-order chi connectivity index (χ1) is 13.0. The van der Waals surface area contributed by atoms with Crippen molar-refractivity contribution in [3.63, 3.8) is 0 Å². The Kier molecular flexibility index (Phi) is 5.73. The number of rotatable bonds is 6. The minimum absolute atomic E-state index is 0.0311. The van der Waals surface area contributed by atoms with Crippen LogP contribution in [0.2, 0.25) is 10.0 Å². The molecule has 9 heteroatoms. The van der Waals surface area contributed by atoms with Crippen molar-refractivity contribution < 1.29 is 4.92 Å². The molecular weight excluding hydrogens is 389 g/mol. The number of aromatic nitrogens is 2. The molecule has 1 aromatic heterocycles. The van der Waals surface area contributed by atoms with Crippen LogP contribution in [-0.2, 0) is 0 Å². The molecule has 0 saturated heterocycles. The van der Waals surface area contributed by atoms with Crippen molar-refractivity contribution in [2.45, 2.75) is 6.92 Å². The molecule has 2 aromatic carbocycles. The van der Waals surface area contributed by atoms with Gasteiger partial charge in [-0.25, -0.2) is 9.97 Å². The van der Waals surface area contributed by atoms with Gasteiger partial charge in [0.2, 0.25) is 11.6 Å². The molecule has 0 aliphatic carbocycles. The van der Waals surface area contributed by atoms with Crippen LogP contribution in [0.25, 0.3) is 0 Å². The van der Waals surface area contributed by atoms with E-state index in [1.165, 1.54) is 6.33 Å². The lowest BCUT2D eigenvalue weighted by Crippen LogP contribution is -2.19. The zero-order valence-corrected chi connectivity index (χ0v) is 15.8. The molecule has 0 atom stereocenters. The van der Waals surface area contributed by atoms with Gasteiger partial charge in [-0.1, -0.05) is 47.5 Å². The molecule has 0 bridgehead atoms. The Hall–Kier alpha value is -2.90. The molecule has 3 aromatic rings. The molecule has 1 heterocycles. The van der Waals surface area contributed by atoms with Crippen LogP contribution in [0.1, 0.15) is 6.92 Å². The van der Waals surface area contributed by atoms with E-state index >= 15 is 0 Å². The summed E-state index contributed by atoms with van der Waals surface area (Å²) in [7, 11) is 0. The summed E-state index contributed by atoms with van der Waals surface area (Å²) in [5.74, 6) is 0.216. The van der Waals surface area contributed by atoms with Gasteiger partial charge >= 0.3 is 5.69 Å². The third kappa shape index (κ3) is 3.94. The highest BCUT2D eigenvalue weighted by atomic mass is 35.5. The molecule has 0 saturated carbocycles. The first kappa shape index (κ1) is 18.9. The van der Waals surface area contributed by atoms with Gasteiger partial charge in [-0.05, 0) is 31.2 Å². The maximum absolute atomic E-state index is 11.8. The maximum Gasteiger partial charge on any atom is 0.354 e. The van der Waals surface area contributed by atoms with E-state index in [0.717, 1.165) is 5.69 Å². The minimum Gasteiger partial charge on any atom is -0.333 e. The predicted molar refractivity (Wildman–Crippen MR) is 108 cm³/mol. The van der Waals surface area contributed by atoms with Crippen LogP contribution in [0.5, 0.6) is 0 Å². The van der Waals surface area contributed by atoms with Crippen molar-refractivity contribution in [2.24, 2.45) is 0 Å². The van der Waals surface area contributed by atoms with Gasteiger partial charge < -0.3 is 10.2 Å². The van der Waals surface area contributed by atoms with Crippen LogP contribution < -0.4 is 10.2 Å². The van der Waals surface area contributed by atoms with Crippen molar-refractivity contribution in [1.82, 2.24) is 9.97 Å². The lowest BCUT2D eigenvalue weighted by Gasteiger charge is -2.22. The zero-order chi connectivity index (χ0) is 19.4. The van der Waals surface area contributed by atoms with E-state index in [9.17, 15) is 10.1 Å². The largest absolute Gasteiger partial charge is 0.354 e. The standard InChI is InChI=1S/C18H15Cl2N5O2/c1-2-24(12-7-4-3-5-8-12)18-16(25(26)27)17(21-11-22-18)23-14-10-6-9-13(19)15(14)20/h3-11H,2H2,1H3,(H,21,22,23). The fourth-order valence-electron chi connectivity index (χ4n) is 2.62. The molecule has 0 fully saturated rings. The Morgan fingerprint density at radius 1 is 1.11 bits per heavy atom. The lowest BCUT2D eigenvalue weighted by molar-refractivity contribution is -0.383. The van der Waals surface area contributed by atoms with Crippen LogP contribution in [-0.4, -0.2) is 21.4 Å². The first-order valence-electron chi connectivity index (χ1n) is 8.06. The number of nitro groups is 1. The molecular formula is C18H15Cl2N5O2. The van der Waals surface area contributed by atoms with Gasteiger partial charge in [0.25, 0.3) is 0 Å². The summed E-state index contributed by atoms with van der Waals surface area (Å²) in [6.07, 6.45) is 1.27. The topological polar surface area (TPSA) is 84.2 Å². The summed E-state index contributed by atoms with van der Waals surface area (Å²) in [6.45, 7) is 2.37. The van der Waals surface area contributed by atoms with Crippen molar-refractivity contribution in [1.29, 1.82) is 0 Å². The van der Waals surface area contributed by atoms with Crippen LogP contribution in [0.15, 0.2) is 54.9 Å².